The number of rotatable bonds is 6. The largest absolute Gasteiger partial charge is 0.480 e. The molecule has 0 saturated heterocycles. The van der Waals surface area contributed by atoms with E-state index in [1.54, 1.807) is 20.8 Å². The number of carboxylic acids is 1. The minimum atomic E-state index is -1.21. The van der Waals surface area contributed by atoms with Crippen LogP contribution >= 0.6 is 0 Å². The average molecular weight is 297 g/mol. The molecule has 0 aliphatic rings. The maximum absolute atomic E-state index is 12.2. The van der Waals surface area contributed by atoms with Gasteiger partial charge in [-0.05, 0) is 27.2 Å². The highest BCUT2D eigenvalue weighted by molar-refractivity contribution is 5.98. The van der Waals surface area contributed by atoms with Gasteiger partial charge in [0.15, 0.2) is 0 Å². The van der Waals surface area contributed by atoms with E-state index in [-0.39, 0.29) is 12.8 Å². The molecule has 1 heterocycles. The Morgan fingerprint density at radius 3 is 2.29 bits per heavy atom. The molecule has 21 heavy (non-hydrogen) atoms. The Labute approximate surface area is 122 Å². The number of aliphatic carboxylic acids is 1. The van der Waals surface area contributed by atoms with E-state index in [1.165, 1.54) is 7.11 Å². The lowest BCUT2D eigenvalue weighted by Crippen LogP contribution is -2.41. The molecule has 0 aromatic carbocycles. The molecule has 1 amide bonds. The van der Waals surface area contributed by atoms with Gasteiger partial charge in [-0.1, -0.05) is 0 Å². The van der Waals surface area contributed by atoms with Gasteiger partial charge in [0.1, 0.15) is 17.6 Å². The lowest BCUT2D eigenvalue weighted by atomic mass is 10.1. The summed E-state index contributed by atoms with van der Waals surface area (Å²) in [4.78, 5) is 34.4. The summed E-state index contributed by atoms with van der Waals surface area (Å²) in [5.41, 5.74) is 0.999. The highest BCUT2D eigenvalue weighted by Crippen LogP contribution is 2.20. The second kappa shape index (κ2) is 6.92. The Hall–Kier alpha value is -2.31. The molecule has 7 heteroatoms. The van der Waals surface area contributed by atoms with Crippen molar-refractivity contribution in [3.8, 4) is 0 Å². The first-order valence-electron chi connectivity index (χ1n) is 6.45. The van der Waals surface area contributed by atoms with Crippen molar-refractivity contribution in [1.82, 2.24) is 5.32 Å². The molecule has 2 N–H and O–H groups in total. The topological polar surface area (TPSA) is 106 Å². The number of carbonyl (C=O) groups excluding carboxylic acids is 2. The molecule has 0 spiro atoms. The van der Waals surface area contributed by atoms with Crippen LogP contribution < -0.4 is 5.32 Å². The summed E-state index contributed by atoms with van der Waals surface area (Å²) < 4.78 is 9.79. The SMILES string of the molecule is COC(=O)CCC(NC(=O)c1c(C)oc(C)c1C)C(=O)O. The summed E-state index contributed by atoms with van der Waals surface area (Å²) in [5.74, 6) is -1.22. The minimum Gasteiger partial charge on any atom is -0.480 e. The number of amides is 1. The molecule has 0 fully saturated rings. The molecule has 0 saturated carbocycles. The predicted octanol–water partition coefficient (Wildman–Crippen LogP) is 1.34. The molecular weight excluding hydrogens is 278 g/mol. The Bertz CT molecular complexity index is 560. The van der Waals surface area contributed by atoms with Crippen molar-refractivity contribution < 1.29 is 28.6 Å². The fourth-order valence-electron chi connectivity index (χ4n) is 1.98. The van der Waals surface area contributed by atoms with Crippen LogP contribution in [0, 0.1) is 20.8 Å². The molecule has 1 aromatic heterocycles. The molecule has 0 radical (unpaired) electrons. The summed E-state index contributed by atoms with van der Waals surface area (Å²) in [6.07, 6.45) is -0.126. The standard InChI is InChI=1S/C14H19NO6/c1-7-8(2)21-9(3)12(7)13(17)15-10(14(18)19)5-6-11(16)20-4/h10H,5-6H2,1-4H3,(H,15,17)(H,18,19). The molecule has 0 bridgehead atoms. The van der Waals surface area contributed by atoms with Gasteiger partial charge in [0.2, 0.25) is 0 Å². The van der Waals surface area contributed by atoms with Crippen LogP contribution in [-0.2, 0) is 14.3 Å². The zero-order chi connectivity index (χ0) is 16.2. The van der Waals surface area contributed by atoms with Gasteiger partial charge in [0.25, 0.3) is 5.91 Å². The number of aryl methyl sites for hydroxylation is 2. The van der Waals surface area contributed by atoms with E-state index in [0.717, 1.165) is 0 Å². The van der Waals surface area contributed by atoms with Crippen molar-refractivity contribution in [3.05, 3.63) is 22.6 Å². The number of hydrogen-bond acceptors (Lipinski definition) is 5. The Kier molecular flexibility index (Phi) is 5.52. The highest BCUT2D eigenvalue weighted by atomic mass is 16.5. The monoisotopic (exact) mass is 297 g/mol. The van der Waals surface area contributed by atoms with Gasteiger partial charge in [-0.3, -0.25) is 9.59 Å². The highest BCUT2D eigenvalue weighted by Gasteiger charge is 2.25. The van der Waals surface area contributed by atoms with Crippen LogP contribution in [0.1, 0.15) is 40.3 Å². The zero-order valence-electron chi connectivity index (χ0n) is 12.5. The number of esters is 1. The fourth-order valence-corrected chi connectivity index (χ4v) is 1.98. The van der Waals surface area contributed by atoms with E-state index in [0.29, 0.717) is 22.6 Å². The molecule has 7 nitrogen and oxygen atoms in total. The number of carbonyl (C=O) groups is 3. The van der Waals surface area contributed by atoms with Gasteiger partial charge < -0.3 is 19.6 Å². The molecule has 1 rings (SSSR count). The molecule has 0 aliphatic carbocycles. The van der Waals surface area contributed by atoms with Gasteiger partial charge >= 0.3 is 11.9 Å². The fraction of sp³-hybridized carbons (Fsp3) is 0.500. The van der Waals surface area contributed by atoms with Crippen LogP contribution in [0.2, 0.25) is 0 Å². The van der Waals surface area contributed by atoms with E-state index >= 15 is 0 Å². The maximum atomic E-state index is 12.2. The lowest BCUT2D eigenvalue weighted by Gasteiger charge is -2.14. The van der Waals surface area contributed by atoms with Gasteiger partial charge in [0, 0.05) is 12.0 Å². The average Bonchev–Trinajstić information content (AvgIpc) is 2.67. The van der Waals surface area contributed by atoms with Crippen molar-refractivity contribution >= 4 is 17.8 Å². The van der Waals surface area contributed by atoms with E-state index in [1.807, 2.05) is 0 Å². The lowest BCUT2D eigenvalue weighted by molar-refractivity contribution is -0.142. The molecule has 0 aliphatic heterocycles. The number of methoxy groups -OCH3 is 1. The van der Waals surface area contributed by atoms with Gasteiger partial charge in [-0.15, -0.1) is 0 Å². The Morgan fingerprint density at radius 1 is 1.24 bits per heavy atom. The van der Waals surface area contributed by atoms with Crippen LogP contribution in [0.15, 0.2) is 4.42 Å². The van der Waals surface area contributed by atoms with Crippen molar-refractivity contribution in [2.75, 3.05) is 7.11 Å². The van der Waals surface area contributed by atoms with E-state index in [9.17, 15) is 14.4 Å². The Balaban J connectivity index is 2.81. The molecular formula is C14H19NO6. The van der Waals surface area contributed by atoms with Crippen molar-refractivity contribution in [2.24, 2.45) is 0 Å². The minimum absolute atomic E-state index is 0.0390. The maximum Gasteiger partial charge on any atom is 0.326 e. The number of furan rings is 1. The first-order valence-corrected chi connectivity index (χ1v) is 6.45. The summed E-state index contributed by atoms with van der Waals surface area (Å²) >= 11 is 0. The van der Waals surface area contributed by atoms with Crippen molar-refractivity contribution in [3.63, 3.8) is 0 Å². The van der Waals surface area contributed by atoms with Gasteiger partial charge in [-0.25, -0.2) is 4.79 Å². The van der Waals surface area contributed by atoms with Crippen LogP contribution in [0.25, 0.3) is 0 Å². The van der Waals surface area contributed by atoms with E-state index in [4.69, 9.17) is 9.52 Å². The third kappa shape index (κ3) is 4.08. The van der Waals surface area contributed by atoms with Gasteiger partial charge in [-0.2, -0.15) is 0 Å². The number of carboxylic acid groups (broad SMARTS) is 1. The first-order chi connectivity index (χ1) is 9.77. The quantitative estimate of drug-likeness (QED) is 0.767. The third-order valence-corrected chi connectivity index (χ3v) is 3.26. The number of ether oxygens (including phenoxy) is 1. The van der Waals surface area contributed by atoms with Gasteiger partial charge in [0.05, 0.1) is 12.7 Å². The first kappa shape index (κ1) is 16.7. The molecule has 1 atom stereocenters. The third-order valence-electron chi connectivity index (χ3n) is 3.26. The summed E-state index contributed by atoms with van der Waals surface area (Å²) in [6.45, 7) is 5.09. The normalized spacial score (nSPS) is 11.8. The van der Waals surface area contributed by atoms with Crippen LogP contribution in [0.4, 0.5) is 0 Å². The van der Waals surface area contributed by atoms with E-state index in [2.05, 4.69) is 10.1 Å². The predicted molar refractivity (Wildman–Crippen MR) is 73.1 cm³/mol. The second-order valence-corrected chi connectivity index (χ2v) is 4.69. The van der Waals surface area contributed by atoms with E-state index < -0.39 is 23.9 Å². The summed E-state index contributed by atoms with van der Waals surface area (Å²) in [7, 11) is 1.22. The van der Waals surface area contributed by atoms with Crippen molar-refractivity contribution in [1.29, 1.82) is 0 Å². The Morgan fingerprint density at radius 2 is 1.86 bits per heavy atom. The molecule has 1 unspecified atom stereocenters. The van der Waals surface area contributed by atoms with Crippen molar-refractivity contribution in [2.45, 2.75) is 39.7 Å². The second-order valence-electron chi connectivity index (χ2n) is 4.69. The summed E-state index contributed by atoms with van der Waals surface area (Å²) in [6, 6.07) is -1.16. The van der Waals surface area contributed by atoms with Crippen LogP contribution in [0.5, 0.6) is 0 Å². The zero-order valence-corrected chi connectivity index (χ0v) is 12.5. The number of nitrogens with one attached hydrogen (secondary N) is 1. The summed E-state index contributed by atoms with van der Waals surface area (Å²) in [5, 5.41) is 11.5. The molecule has 1 aromatic rings. The van der Waals surface area contributed by atoms with Crippen LogP contribution in [0.3, 0.4) is 0 Å². The smallest absolute Gasteiger partial charge is 0.326 e. The number of hydrogen-bond donors (Lipinski definition) is 2. The van der Waals surface area contributed by atoms with Crippen LogP contribution in [-0.4, -0.2) is 36.1 Å². The molecule has 116 valence electrons.